The molecule has 0 radical (unpaired) electrons. The van der Waals surface area contributed by atoms with Gasteiger partial charge < -0.3 is 5.32 Å². The van der Waals surface area contributed by atoms with Crippen LogP contribution in [0.3, 0.4) is 0 Å². The van der Waals surface area contributed by atoms with Crippen molar-refractivity contribution in [3.05, 3.63) is 18.0 Å². The van der Waals surface area contributed by atoms with Gasteiger partial charge in [-0.2, -0.15) is 16.9 Å². The van der Waals surface area contributed by atoms with Crippen LogP contribution in [0.5, 0.6) is 0 Å². The zero-order chi connectivity index (χ0) is 12.5. The van der Waals surface area contributed by atoms with Gasteiger partial charge in [-0.3, -0.25) is 4.68 Å². The molecule has 98 valence electrons. The molecule has 1 N–H and O–H groups in total. The monoisotopic (exact) mass is 255 g/mol. The van der Waals surface area contributed by atoms with Crippen LogP contribution in [0.25, 0.3) is 0 Å². The Morgan fingerprint density at radius 3 is 2.88 bits per heavy atom. The molecule has 1 aromatic heterocycles. The summed E-state index contributed by atoms with van der Waals surface area (Å²) in [6, 6.07) is 2.74. The van der Waals surface area contributed by atoms with Crippen LogP contribution in [0.15, 0.2) is 12.3 Å². The number of nitrogens with zero attached hydrogens (tertiary/aromatic N) is 2. The average molecular weight is 255 g/mol. The molecule has 0 aromatic carbocycles. The first-order valence-electron chi connectivity index (χ1n) is 6.55. The summed E-state index contributed by atoms with van der Waals surface area (Å²) in [5.74, 6) is 2.49. The molecule has 1 heterocycles. The standard InChI is InChI=1S/C13H25N3S/c1-4-10-17-11-12(14-5-2)6-7-13-8-9-15-16(13)3/h8-9,12,14H,4-7,10-11H2,1-3H3. The highest BCUT2D eigenvalue weighted by Gasteiger charge is 2.08. The molecule has 0 saturated heterocycles. The smallest absolute Gasteiger partial charge is 0.0492 e. The van der Waals surface area contributed by atoms with E-state index < -0.39 is 0 Å². The first-order chi connectivity index (χ1) is 8.27. The first kappa shape index (κ1) is 14.6. The summed E-state index contributed by atoms with van der Waals surface area (Å²) in [4.78, 5) is 0. The quantitative estimate of drug-likeness (QED) is 0.688. The molecule has 1 atom stereocenters. The number of nitrogens with one attached hydrogen (secondary N) is 1. The van der Waals surface area contributed by atoms with E-state index in [9.17, 15) is 0 Å². The largest absolute Gasteiger partial charge is 0.313 e. The highest BCUT2D eigenvalue weighted by atomic mass is 32.2. The molecule has 3 nitrogen and oxygen atoms in total. The van der Waals surface area contributed by atoms with E-state index in [-0.39, 0.29) is 0 Å². The lowest BCUT2D eigenvalue weighted by Crippen LogP contribution is -2.32. The van der Waals surface area contributed by atoms with Gasteiger partial charge in [0, 0.05) is 30.7 Å². The lowest BCUT2D eigenvalue weighted by atomic mass is 10.1. The van der Waals surface area contributed by atoms with Crippen LogP contribution in [0.1, 0.15) is 32.4 Å². The SMILES string of the molecule is CCCSCC(CCc1ccnn1C)NCC. The molecule has 0 amide bonds. The van der Waals surface area contributed by atoms with Crippen molar-refractivity contribution in [1.29, 1.82) is 0 Å². The Hall–Kier alpha value is -0.480. The number of thioether (sulfide) groups is 1. The predicted octanol–water partition coefficient (Wildman–Crippen LogP) is 2.47. The van der Waals surface area contributed by atoms with E-state index in [1.807, 2.05) is 17.9 Å². The van der Waals surface area contributed by atoms with Crippen molar-refractivity contribution < 1.29 is 0 Å². The molecular formula is C13H25N3S. The van der Waals surface area contributed by atoms with Crippen molar-refractivity contribution >= 4 is 11.8 Å². The fourth-order valence-electron chi connectivity index (χ4n) is 1.87. The molecule has 0 spiro atoms. The second-order valence-corrected chi connectivity index (χ2v) is 5.46. The minimum absolute atomic E-state index is 0.631. The number of aromatic nitrogens is 2. The minimum atomic E-state index is 0.631. The summed E-state index contributed by atoms with van der Waals surface area (Å²) in [5, 5.41) is 7.78. The molecule has 17 heavy (non-hydrogen) atoms. The minimum Gasteiger partial charge on any atom is -0.313 e. The van der Waals surface area contributed by atoms with Crippen molar-refractivity contribution in [3.63, 3.8) is 0 Å². The molecule has 1 unspecified atom stereocenters. The van der Waals surface area contributed by atoms with E-state index in [1.165, 1.54) is 30.0 Å². The summed E-state index contributed by atoms with van der Waals surface area (Å²) in [7, 11) is 2.02. The number of aryl methyl sites for hydroxylation is 2. The third-order valence-electron chi connectivity index (χ3n) is 2.83. The molecule has 0 aliphatic heterocycles. The van der Waals surface area contributed by atoms with Gasteiger partial charge in [0.15, 0.2) is 0 Å². The predicted molar refractivity (Wildman–Crippen MR) is 76.6 cm³/mol. The Balaban J connectivity index is 2.30. The number of hydrogen-bond donors (Lipinski definition) is 1. The van der Waals surface area contributed by atoms with Crippen LogP contribution < -0.4 is 5.32 Å². The molecule has 0 bridgehead atoms. The van der Waals surface area contributed by atoms with E-state index in [4.69, 9.17) is 0 Å². The van der Waals surface area contributed by atoms with E-state index in [1.54, 1.807) is 0 Å². The second-order valence-electron chi connectivity index (χ2n) is 4.31. The summed E-state index contributed by atoms with van der Waals surface area (Å²) in [5.41, 5.74) is 1.33. The van der Waals surface area contributed by atoms with Crippen molar-refractivity contribution in [2.75, 3.05) is 18.1 Å². The molecular weight excluding hydrogens is 230 g/mol. The molecule has 0 aliphatic carbocycles. The van der Waals surface area contributed by atoms with Gasteiger partial charge in [-0.05, 0) is 37.6 Å². The maximum atomic E-state index is 4.21. The summed E-state index contributed by atoms with van der Waals surface area (Å²) in [6.45, 7) is 5.48. The average Bonchev–Trinajstić information content (AvgIpc) is 2.72. The third-order valence-corrected chi connectivity index (χ3v) is 4.17. The first-order valence-corrected chi connectivity index (χ1v) is 7.71. The molecule has 4 heteroatoms. The van der Waals surface area contributed by atoms with Crippen molar-refractivity contribution in [2.45, 2.75) is 39.2 Å². The van der Waals surface area contributed by atoms with Crippen LogP contribution in [-0.2, 0) is 13.5 Å². The fourth-order valence-corrected chi connectivity index (χ4v) is 2.90. The lowest BCUT2D eigenvalue weighted by molar-refractivity contribution is 0.526. The highest BCUT2D eigenvalue weighted by Crippen LogP contribution is 2.10. The lowest BCUT2D eigenvalue weighted by Gasteiger charge is -2.17. The summed E-state index contributed by atoms with van der Waals surface area (Å²) in [6.07, 6.45) is 5.46. The van der Waals surface area contributed by atoms with E-state index >= 15 is 0 Å². The van der Waals surface area contributed by atoms with Gasteiger partial charge in [0.05, 0.1) is 0 Å². The zero-order valence-electron chi connectivity index (χ0n) is 11.3. The highest BCUT2D eigenvalue weighted by molar-refractivity contribution is 7.99. The Morgan fingerprint density at radius 2 is 2.29 bits per heavy atom. The Bertz CT molecular complexity index is 299. The summed E-state index contributed by atoms with van der Waals surface area (Å²) >= 11 is 2.06. The van der Waals surface area contributed by atoms with Crippen LogP contribution in [0.4, 0.5) is 0 Å². The van der Waals surface area contributed by atoms with Gasteiger partial charge >= 0.3 is 0 Å². The maximum Gasteiger partial charge on any atom is 0.0492 e. The van der Waals surface area contributed by atoms with Crippen molar-refractivity contribution in [3.8, 4) is 0 Å². The van der Waals surface area contributed by atoms with Gasteiger partial charge in [0.1, 0.15) is 0 Å². The van der Waals surface area contributed by atoms with Gasteiger partial charge in [0.25, 0.3) is 0 Å². The van der Waals surface area contributed by atoms with Crippen molar-refractivity contribution in [2.24, 2.45) is 7.05 Å². The second kappa shape index (κ2) is 8.59. The van der Waals surface area contributed by atoms with E-state index in [0.29, 0.717) is 6.04 Å². The van der Waals surface area contributed by atoms with Crippen LogP contribution in [0, 0.1) is 0 Å². The van der Waals surface area contributed by atoms with Crippen molar-refractivity contribution in [1.82, 2.24) is 15.1 Å². The molecule has 0 saturated carbocycles. The molecule has 1 aromatic rings. The Morgan fingerprint density at radius 1 is 1.47 bits per heavy atom. The zero-order valence-corrected chi connectivity index (χ0v) is 12.1. The molecule has 1 rings (SSSR count). The Kier molecular flexibility index (Phi) is 7.37. The Labute approximate surface area is 109 Å². The third kappa shape index (κ3) is 5.59. The van der Waals surface area contributed by atoms with Crippen LogP contribution in [0.2, 0.25) is 0 Å². The molecule has 0 fully saturated rings. The fraction of sp³-hybridized carbons (Fsp3) is 0.769. The molecule has 0 aliphatic rings. The maximum absolute atomic E-state index is 4.21. The number of rotatable bonds is 9. The van der Waals surface area contributed by atoms with Gasteiger partial charge in [-0.15, -0.1) is 0 Å². The van der Waals surface area contributed by atoms with Gasteiger partial charge in [-0.1, -0.05) is 13.8 Å². The van der Waals surface area contributed by atoms with E-state index in [2.05, 4.69) is 42.1 Å². The topological polar surface area (TPSA) is 29.9 Å². The summed E-state index contributed by atoms with van der Waals surface area (Å²) < 4.78 is 1.97. The van der Waals surface area contributed by atoms with E-state index in [0.717, 1.165) is 13.0 Å². The van der Waals surface area contributed by atoms with Gasteiger partial charge in [-0.25, -0.2) is 0 Å². The normalized spacial score (nSPS) is 12.9. The van der Waals surface area contributed by atoms with Crippen LogP contribution in [-0.4, -0.2) is 33.9 Å². The van der Waals surface area contributed by atoms with Gasteiger partial charge in [0.2, 0.25) is 0 Å². The number of hydrogen-bond acceptors (Lipinski definition) is 3. The van der Waals surface area contributed by atoms with Crippen LogP contribution >= 0.6 is 11.8 Å².